The summed E-state index contributed by atoms with van der Waals surface area (Å²) < 4.78 is 0. The molecule has 0 fully saturated rings. The van der Waals surface area contributed by atoms with Gasteiger partial charge in [0.25, 0.3) is 0 Å². The van der Waals surface area contributed by atoms with Crippen LogP contribution in [0.4, 0.5) is 11.5 Å². The Bertz CT molecular complexity index is 304. The highest BCUT2D eigenvalue weighted by atomic mass is 35.5. The van der Waals surface area contributed by atoms with Gasteiger partial charge < -0.3 is 11.1 Å². The lowest BCUT2D eigenvalue weighted by atomic mass is 10.1. The Kier molecular flexibility index (Phi) is 2.66. The standard InChI is InChI=1S/C9H14ClN3/c1-9(2,3)13-8-6(11)4-5-7(10)12-8/h4-5H,11H2,1-3H3,(H,12,13). The number of halogens is 1. The molecule has 0 bridgehead atoms. The fraction of sp³-hybridized carbons (Fsp3) is 0.444. The smallest absolute Gasteiger partial charge is 0.151 e. The SMILES string of the molecule is CC(C)(C)Nc1nc(Cl)ccc1N. The summed E-state index contributed by atoms with van der Waals surface area (Å²) in [6, 6.07) is 3.41. The molecule has 0 saturated heterocycles. The Morgan fingerprint density at radius 3 is 2.54 bits per heavy atom. The van der Waals surface area contributed by atoms with Crippen molar-refractivity contribution >= 4 is 23.1 Å². The zero-order valence-corrected chi connectivity index (χ0v) is 8.81. The van der Waals surface area contributed by atoms with Crippen molar-refractivity contribution < 1.29 is 0 Å². The second kappa shape index (κ2) is 3.42. The molecule has 0 spiro atoms. The molecular formula is C9H14ClN3. The summed E-state index contributed by atoms with van der Waals surface area (Å²) in [6.45, 7) is 6.11. The van der Waals surface area contributed by atoms with Gasteiger partial charge in [0.2, 0.25) is 0 Å². The molecule has 0 aliphatic carbocycles. The normalized spacial score (nSPS) is 11.4. The van der Waals surface area contributed by atoms with Crippen LogP contribution in [0.5, 0.6) is 0 Å². The van der Waals surface area contributed by atoms with Gasteiger partial charge in [0.15, 0.2) is 5.82 Å². The molecule has 13 heavy (non-hydrogen) atoms. The predicted molar refractivity (Wildman–Crippen MR) is 57.0 cm³/mol. The van der Waals surface area contributed by atoms with Gasteiger partial charge in [-0.1, -0.05) is 11.6 Å². The van der Waals surface area contributed by atoms with E-state index in [1.165, 1.54) is 0 Å². The minimum Gasteiger partial charge on any atom is -0.396 e. The van der Waals surface area contributed by atoms with E-state index in [4.69, 9.17) is 17.3 Å². The largest absolute Gasteiger partial charge is 0.396 e. The predicted octanol–water partition coefficient (Wildman–Crippen LogP) is 2.53. The van der Waals surface area contributed by atoms with Gasteiger partial charge in [0, 0.05) is 5.54 Å². The van der Waals surface area contributed by atoms with Gasteiger partial charge in [-0.3, -0.25) is 0 Å². The van der Waals surface area contributed by atoms with E-state index in [-0.39, 0.29) is 5.54 Å². The molecule has 0 aromatic carbocycles. The van der Waals surface area contributed by atoms with Crippen LogP contribution in [0.25, 0.3) is 0 Å². The zero-order chi connectivity index (χ0) is 10.1. The van der Waals surface area contributed by atoms with Crippen molar-refractivity contribution in [3.8, 4) is 0 Å². The van der Waals surface area contributed by atoms with Crippen molar-refractivity contribution in [3.05, 3.63) is 17.3 Å². The molecule has 1 rings (SSSR count). The molecule has 0 saturated carbocycles. The molecule has 0 aliphatic heterocycles. The molecule has 0 amide bonds. The van der Waals surface area contributed by atoms with Crippen molar-refractivity contribution in [2.75, 3.05) is 11.1 Å². The minimum atomic E-state index is -0.0637. The molecule has 4 heteroatoms. The summed E-state index contributed by atoms with van der Waals surface area (Å²) in [5, 5.41) is 3.62. The first-order chi connectivity index (χ1) is 5.88. The molecule has 1 heterocycles. The van der Waals surface area contributed by atoms with E-state index in [0.29, 0.717) is 16.7 Å². The number of anilines is 2. The Labute approximate surface area is 83.3 Å². The topological polar surface area (TPSA) is 50.9 Å². The lowest BCUT2D eigenvalue weighted by molar-refractivity contribution is 0.631. The number of hydrogen-bond acceptors (Lipinski definition) is 3. The average Bonchev–Trinajstić information content (AvgIpc) is 1.94. The first kappa shape index (κ1) is 10.1. The van der Waals surface area contributed by atoms with E-state index >= 15 is 0 Å². The van der Waals surface area contributed by atoms with Crippen molar-refractivity contribution in [2.24, 2.45) is 0 Å². The third-order valence-electron chi connectivity index (χ3n) is 1.39. The highest BCUT2D eigenvalue weighted by Crippen LogP contribution is 2.21. The number of nitrogens with one attached hydrogen (secondary N) is 1. The van der Waals surface area contributed by atoms with E-state index in [9.17, 15) is 0 Å². The molecule has 1 aromatic rings. The third-order valence-corrected chi connectivity index (χ3v) is 1.60. The number of pyridine rings is 1. The van der Waals surface area contributed by atoms with Crippen molar-refractivity contribution in [3.63, 3.8) is 0 Å². The first-order valence-corrected chi connectivity index (χ1v) is 4.46. The minimum absolute atomic E-state index is 0.0637. The van der Waals surface area contributed by atoms with E-state index in [2.05, 4.69) is 10.3 Å². The summed E-state index contributed by atoms with van der Waals surface area (Å²) in [7, 11) is 0. The molecule has 0 aliphatic rings. The molecule has 0 radical (unpaired) electrons. The number of aromatic nitrogens is 1. The van der Waals surface area contributed by atoms with Crippen molar-refractivity contribution in [1.82, 2.24) is 4.98 Å². The van der Waals surface area contributed by atoms with Crippen LogP contribution in [0.2, 0.25) is 5.15 Å². The molecular weight excluding hydrogens is 186 g/mol. The van der Waals surface area contributed by atoms with Gasteiger partial charge in [-0.15, -0.1) is 0 Å². The fourth-order valence-corrected chi connectivity index (χ4v) is 1.05. The van der Waals surface area contributed by atoms with Crippen LogP contribution in [0, 0.1) is 0 Å². The van der Waals surface area contributed by atoms with Crippen molar-refractivity contribution in [2.45, 2.75) is 26.3 Å². The molecule has 0 atom stereocenters. The number of rotatable bonds is 1. The molecule has 1 aromatic heterocycles. The Hall–Kier alpha value is -0.960. The second-order valence-electron chi connectivity index (χ2n) is 3.95. The van der Waals surface area contributed by atoms with Gasteiger partial charge in [-0.2, -0.15) is 0 Å². The van der Waals surface area contributed by atoms with Crippen molar-refractivity contribution in [1.29, 1.82) is 0 Å². The molecule has 3 N–H and O–H groups in total. The first-order valence-electron chi connectivity index (χ1n) is 4.09. The van der Waals surface area contributed by atoms with Gasteiger partial charge in [-0.05, 0) is 32.9 Å². The monoisotopic (exact) mass is 199 g/mol. The molecule has 0 unspecified atom stereocenters. The average molecular weight is 200 g/mol. The van der Waals surface area contributed by atoms with Crippen LogP contribution >= 0.6 is 11.6 Å². The summed E-state index contributed by atoms with van der Waals surface area (Å²) in [5.74, 6) is 0.639. The Balaban J connectivity index is 2.94. The third kappa shape index (κ3) is 3.11. The Morgan fingerprint density at radius 2 is 2.00 bits per heavy atom. The molecule has 72 valence electrons. The zero-order valence-electron chi connectivity index (χ0n) is 8.06. The summed E-state index contributed by atoms with van der Waals surface area (Å²) >= 11 is 5.74. The van der Waals surface area contributed by atoms with Crippen LogP contribution < -0.4 is 11.1 Å². The maximum atomic E-state index is 5.74. The highest BCUT2D eigenvalue weighted by molar-refractivity contribution is 6.29. The van der Waals surface area contributed by atoms with Gasteiger partial charge in [0.05, 0.1) is 5.69 Å². The van der Waals surface area contributed by atoms with Crippen LogP contribution in [-0.4, -0.2) is 10.5 Å². The van der Waals surface area contributed by atoms with E-state index in [0.717, 1.165) is 0 Å². The maximum Gasteiger partial charge on any atom is 0.151 e. The van der Waals surface area contributed by atoms with Gasteiger partial charge in [0.1, 0.15) is 5.15 Å². The Morgan fingerprint density at radius 1 is 1.38 bits per heavy atom. The summed E-state index contributed by atoms with van der Waals surface area (Å²) in [6.07, 6.45) is 0. The van der Waals surface area contributed by atoms with Crippen LogP contribution in [0.15, 0.2) is 12.1 Å². The lowest BCUT2D eigenvalue weighted by Crippen LogP contribution is -2.27. The maximum absolute atomic E-state index is 5.74. The fourth-order valence-electron chi connectivity index (χ4n) is 0.901. The lowest BCUT2D eigenvalue weighted by Gasteiger charge is -2.22. The summed E-state index contributed by atoms with van der Waals surface area (Å²) in [4.78, 5) is 4.09. The second-order valence-corrected chi connectivity index (χ2v) is 4.33. The number of nitrogens with two attached hydrogens (primary N) is 1. The van der Waals surface area contributed by atoms with Crippen LogP contribution in [0.3, 0.4) is 0 Å². The highest BCUT2D eigenvalue weighted by Gasteiger charge is 2.12. The number of nitrogens with zero attached hydrogens (tertiary/aromatic N) is 1. The number of nitrogen functional groups attached to an aromatic ring is 1. The quantitative estimate of drug-likeness (QED) is 0.684. The summed E-state index contributed by atoms with van der Waals surface area (Å²) in [5.41, 5.74) is 6.26. The molecule has 3 nitrogen and oxygen atoms in total. The van der Waals surface area contributed by atoms with E-state index in [1.807, 2.05) is 20.8 Å². The van der Waals surface area contributed by atoms with Crippen LogP contribution in [0.1, 0.15) is 20.8 Å². The van der Waals surface area contributed by atoms with Gasteiger partial charge >= 0.3 is 0 Å². The van der Waals surface area contributed by atoms with E-state index in [1.54, 1.807) is 12.1 Å². The van der Waals surface area contributed by atoms with Gasteiger partial charge in [-0.25, -0.2) is 4.98 Å². The number of hydrogen-bond donors (Lipinski definition) is 2. The van der Waals surface area contributed by atoms with E-state index < -0.39 is 0 Å². The van der Waals surface area contributed by atoms with Crippen LogP contribution in [-0.2, 0) is 0 Å².